The van der Waals surface area contributed by atoms with Gasteiger partial charge in [0.25, 0.3) is 5.91 Å². The molecule has 0 atom stereocenters. The second-order valence-electron chi connectivity index (χ2n) is 7.49. The summed E-state index contributed by atoms with van der Waals surface area (Å²) in [6.45, 7) is 4.41. The van der Waals surface area contributed by atoms with E-state index >= 15 is 0 Å². The summed E-state index contributed by atoms with van der Waals surface area (Å²) in [6, 6.07) is 11.4. The molecule has 0 fully saturated rings. The number of benzene rings is 2. The molecule has 0 unspecified atom stereocenters. The SMILES string of the molecule is COc1ccc(Cn2ncc3cc(C(=O)Nc4c(C)cc(Br)cc4C)cnc32)c(OC)c1. The Morgan fingerprint density at radius 3 is 2.50 bits per heavy atom. The predicted octanol–water partition coefficient (Wildman–Crippen LogP) is 5.13. The van der Waals surface area contributed by atoms with Crippen LogP contribution in [0, 0.1) is 13.8 Å². The number of carbonyl (C=O) groups is 1. The highest BCUT2D eigenvalue weighted by Crippen LogP contribution is 2.27. The number of anilines is 1. The molecule has 0 saturated carbocycles. The van der Waals surface area contributed by atoms with Gasteiger partial charge in [0.15, 0.2) is 5.65 Å². The van der Waals surface area contributed by atoms with Gasteiger partial charge in [0.1, 0.15) is 11.5 Å². The van der Waals surface area contributed by atoms with Crippen molar-refractivity contribution in [3.05, 3.63) is 75.5 Å². The van der Waals surface area contributed by atoms with Crippen molar-refractivity contribution in [3.8, 4) is 11.5 Å². The van der Waals surface area contributed by atoms with Crippen molar-refractivity contribution in [2.45, 2.75) is 20.4 Å². The average molecular weight is 495 g/mol. The van der Waals surface area contributed by atoms with Crippen LogP contribution < -0.4 is 14.8 Å². The zero-order chi connectivity index (χ0) is 22.8. The number of rotatable bonds is 6. The summed E-state index contributed by atoms with van der Waals surface area (Å²) >= 11 is 3.48. The first kappa shape index (κ1) is 21.8. The van der Waals surface area contributed by atoms with Crippen LogP contribution in [0.15, 0.2) is 53.3 Å². The van der Waals surface area contributed by atoms with Gasteiger partial charge in [-0.3, -0.25) is 4.79 Å². The van der Waals surface area contributed by atoms with Crippen molar-refractivity contribution in [3.63, 3.8) is 0 Å². The highest BCUT2D eigenvalue weighted by molar-refractivity contribution is 9.10. The lowest BCUT2D eigenvalue weighted by molar-refractivity contribution is 0.102. The van der Waals surface area contributed by atoms with Gasteiger partial charge < -0.3 is 14.8 Å². The number of carbonyl (C=O) groups excluding carboxylic acids is 1. The van der Waals surface area contributed by atoms with E-state index in [9.17, 15) is 4.79 Å². The molecule has 8 heteroatoms. The van der Waals surface area contributed by atoms with Gasteiger partial charge in [-0.2, -0.15) is 5.10 Å². The third-order valence-corrected chi connectivity index (χ3v) is 5.75. The Hall–Kier alpha value is -3.39. The van der Waals surface area contributed by atoms with E-state index in [1.165, 1.54) is 0 Å². The number of pyridine rings is 1. The number of fused-ring (bicyclic) bond motifs is 1. The molecular weight excluding hydrogens is 472 g/mol. The van der Waals surface area contributed by atoms with E-state index in [0.29, 0.717) is 23.5 Å². The zero-order valence-corrected chi connectivity index (χ0v) is 19.9. The molecule has 0 aliphatic carbocycles. The zero-order valence-electron chi connectivity index (χ0n) is 18.3. The van der Waals surface area contributed by atoms with E-state index in [0.717, 1.165) is 38.0 Å². The molecule has 1 N–H and O–H groups in total. The summed E-state index contributed by atoms with van der Waals surface area (Å²) in [5.74, 6) is 1.22. The topological polar surface area (TPSA) is 78.3 Å². The van der Waals surface area contributed by atoms with E-state index in [1.54, 1.807) is 37.4 Å². The maximum absolute atomic E-state index is 12.9. The van der Waals surface area contributed by atoms with Crippen LogP contribution >= 0.6 is 15.9 Å². The standard InChI is InChI=1S/C24H23BrN4O3/c1-14-7-19(25)8-15(2)22(14)28-24(30)18-9-17-12-27-29(23(17)26-11-18)13-16-5-6-20(31-3)10-21(16)32-4/h5-12H,13H2,1-4H3,(H,28,30). The largest absolute Gasteiger partial charge is 0.497 e. The number of nitrogens with one attached hydrogen (secondary N) is 1. The molecule has 2 aromatic carbocycles. The Kier molecular flexibility index (Phi) is 6.14. The van der Waals surface area contributed by atoms with Gasteiger partial charge in [-0.05, 0) is 55.3 Å². The number of hydrogen-bond donors (Lipinski definition) is 1. The molecule has 0 saturated heterocycles. The van der Waals surface area contributed by atoms with Crippen molar-refractivity contribution >= 4 is 38.6 Å². The molecule has 4 rings (SSSR count). The molecule has 0 aliphatic rings. The lowest BCUT2D eigenvalue weighted by Gasteiger charge is -2.12. The number of halogens is 1. The minimum absolute atomic E-state index is 0.211. The number of nitrogens with zero attached hydrogens (tertiary/aromatic N) is 3. The van der Waals surface area contributed by atoms with Crippen molar-refractivity contribution < 1.29 is 14.3 Å². The normalized spacial score (nSPS) is 10.9. The number of ether oxygens (including phenoxy) is 2. The van der Waals surface area contributed by atoms with E-state index in [4.69, 9.17) is 9.47 Å². The van der Waals surface area contributed by atoms with Gasteiger partial charge in [0.2, 0.25) is 0 Å². The smallest absolute Gasteiger partial charge is 0.257 e. The Morgan fingerprint density at radius 2 is 1.81 bits per heavy atom. The summed E-state index contributed by atoms with van der Waals surface area (Å²) in [7, 11) is 3.24. The van der Waals surface area contributed by atoms with Crippen LogP contribution in [0.3, 0.4) is 0 Å². The first-order valence-corrected chi connectivity index (χ1v) is 10.8. The highest BCUT2D eigenvalue weighted by Gasteiger charge is 2.14. The van der Waals surface area contributed by atoms with Crippen LogP contribution in [0.2, 0.25) is 0 Å². The number of aryl methyl sites for hydroxylation is 2. The monoisotopic (exact) mass is 494 g/mol. The molecule has 2 heterocycles. The van der Waals surface area contributed by atoms with Gasteiger partial charge in [0, 0.05) is 33.4 Å². The fourth-order valence-electron chi connectivity index (χ4n) is 3.65. The molecule has 7 nitrogen and oxygen atoms in total. The summed E-state index contributed by atoms with van der Waals surface area (Å²) < 4.78 is 13.5. The maximum atomic E-state index is 12.9. The van der Waals surface area contributed by atoms with Crippen molar-refractivity contribution in [2.75, 3.05) is 19.5 Å². The Bertz CT molecular complexity index is 1290. The second kappa shape index (κ2) is 9.00. The summed E-state index contributed by atoms with van der Waals surface area (Å²) in [5.41, 5.74) is 4.89. The summed E-state index contributed by atoms with van der Waals surface area (Å²) in [6.07, 6.45) is 3.29. The summed E-state index contributed by atoms with van der Waals surface area (Å²) in [5, 5.41) is 8.25. The van der Waals surface area contributed by atoms with Crippen molar-refractivity contribution in [1.29, 1.82) is 0 Å². The number of hydrogen-bond acceptors (Lipinski definition) is 5. The first-order chi connectivity index (χ1) is 15.4. The molecule has 0 bridgehead atoms. The van der Waals surface area contributed by atoms with Gasteiger partial charge >= 0.3 is 0 Å². The summed E-state index contributed by atoms with van der Waals surface area (Å²) in [4.78, 5) is 17.4. The van der Waals surface area contributed by atoms with Crippen molar-refractivity contribution in [1.82, 2.24) is 14.8 Å². The Balaban J connectivity index is 1.59. The molecule has 1 amide bonds. The highest BCUT2D eigenvalue weighted by atomic mass is 79.9. The lowest BCUT2D eigenvalue weighted by atomic mass is 10.1. The Morgan fingerprint density at radius 1 is 1.06 bits per heavy atom. The molecule has 0 radical (unpaired) electrons. The van der Waals surface area contributed by atoms with Gasteiger partial charge in [0.05, 0.1) is 32.5 Å². The lowest BCUT2D eigenvalue weighted by Crippen LogP contribution is -2.14. The minimum atomic E-state index is -0.211. The fourth-order valence-corrected chi connectivity index (χ4v) is 4.34. The van der Waals surface area contributed by atoms with Crippen LogP contribution in [-0.2, 0) is 6.54 Å². The molecule has 4 aromatic rings. The number of methoxy groups -OCH3 is 2. The molecule has 2 aromatic heterocycles. The quantitative estimate of drug-likeness (QED) is 0.402. The van der Waals surface area contributed by atoms with E-state index in [2.05, 4.69) is 31.3 Å². The van der Waals surface area contributed by atoms with Gasteiger partial charge in [-0.1, -0.05) is 15.9 Å². The van der Waals surface area contributed by atoms with Crippen LogP contribution in [-0.4, -0.2) is 34.9 Å². The van der Waals surface area contributed by atoms with Gasteiger partial charge in [-0.25, -0.2) is 9.67 Å². The molecule has 32 heavy (non-hydrogen) atoms. The minimum Gasteiger partial charge on any atom is -0.497 e. The maximum Gasteiger partial charge on any atom is 0.257 e. The second-order valence-corrected chi connectivity index (χ2v) is 8.40. The number of amides is 1. The molecule has 0 spiro atoms. The van der Waals surface area contributed by atoms with Crippen molar-refractivity contribution in [2.24, 2.45) is 0 Å². The third kappa shape index (κ3) is 4.31. The predicted molar refractivity (Wildman–Crippen MR) is 128 cm³/mol. The van der Waals surface area contributed by atoms with E-state index in [-0.39, 0.29) is 5.91 Å². The molecule has 164 valence electrons. The average Bonchev–Trinajstić information content (AvgIpc) is 3.18. The van der Waals surface area contributed by atoms with Crippen LogP contribution in [0.1, 0.15) is 27.0 Å². The van der Waals surface area contributed by atoms with Crippen LogP contribution in [0.5, 0.6) is 11.5 Å². The molecule has 0 aliphatic heterocycles. The number of aromatic nitrogens is 3. The van der Waals surface area contributed by atoms with Crippen LogP contribution in [0.4, 0.5) is 5.69 Å². The van der Waals surface area contributed by atoms with Gasteiger partial charge in [-0.15, -0.1) is 0 Å². The van der Waals surface area contributed by atoms with Crippen LogP contribution in [0.25, 0.3) is 11.0 Å². The first-order valence-electron chi connectivity index (χ1n) is 10.00. The Labute approximate surface area is 194 Å². The van der Waals surface area contributed by atoms with E-state index in [1.807, 2.05) is 44.2 Å². The molecular formula is C24H23BrN4O3. The van der Waals surface area contributed by atoms with E-state index < -0.39 is 0 Å². The fraction of sp³-hybridized carbons (Fsp3) is 0.208. The third-order valence-electron chi connectivity index (χ3n) is 5.29.